The van der Waals surface area contributed by atoms with Crippen molar-refractivity contribution in [1.82, 2.24) is 15.3 Å². The first-order chi connectivity index (χ1) is 11.7. The number of likely N-dealkylation sites (tertiary alicyclic amines) is 1. The van der Waals surface area contributed by atoms with Crippen LogP contribution in [0.4, 0.5) is 0 Å². The molecule has 5 nitrogen and oxygen atoms in total. The average molecular weight is 321 g/mol. The van der Waals surface area contributed by atoms with Gasteiger partial charge in [-0.1, -0.05) is 60.7 Å². The van der Waals surface area contributed by atoms with Crippen molar-refractivity contribution in [1.29, 1.82) is 0 Å². The molecule has 0 aliphatic carbocycles. The van der Waals surface area contributed by atoms with E-state index in [1.807, 2.05) is 65.7 Å². The second-order valence-corrected chi connectivity index (χ2v) is 6.34. The average Bonchev–Trinajstić information content (AvgIpc) is 3.09. The number of benzene rings is 2. The molecule has 1 N–H and O–H groups in total. The van der Waals surface area contributed by atoms with Crippen LogP contribution in [-0.2, 0) is 16.1 Å². The highest BCUT2D eigenvalue weighted by molar-refractivity contribution is 6.07. The predicted octanol–water partition coefficient (Wildman–Crippen LogP) is 1.73. The zero-order chi connectivity index (χ0) is 16.7. The Hall–Kier alpha value is -2.50. The van der Waals surface area contributed by atoms with Gasteiger partial charge in [-0.2, -0.15) is 0 Å². The number of nitrogens with zero attached hydrogens (tertiary/aromatic N) is 2. The van der Waals surface area contributed by atoms with Crippen molar-refractivity contribution < 1.29 is 9.59 Å². The maximum absolute atomic E-state index is 12.6. The molecule has 24 heavy (non-hydrogen) atoms. The first-order valence-corrected chi connectivity index (χ1v) is 8.10. The third kappa shape index (κ3) is 2.33. The number of amides is 2. The van der Waals surface area contributed by atoms with Gasteiger partial charge in [0.2, 0.25) is 11.8 Å². The Bertz CT molecular complexity index is 763. The van der Waals surface area contributed by atoms with Crippen LogP contribution in [0.5, 0.6) is 0 Å². The number of hydrogen-bond donors (Lipinski definition) is 1. The van der Waals surface area contributed by atoms with Crippen LogP contribution in [0, 0.1) is 5.92 Å². The second-order valence-electron chi connectivity index (χ2n) is 6.34. The third-order valence-electron chi connectivity index (χ3n) is 4.89. The van der Waals surface area contributed by atoms with E-state index in [9.17, 15) is 9.59 Å². The Kier molecular flexibility index (Phi) is 3.67. The first kappa shape index (κ1) is 15.1. The van der Waals surface area contributed by atoms with Crippen molar-refractivity contribution in [3.05, 3.63) is 71.8 Å². The van der Waals surface area contributed by atoms with Gasteiger partial charge < -0.3 is 0 Å². The van der Waals surface area contributed by atoms with E-state index in [1.54, 1.807) is 7.05 Å². The van der Waals surface area contributed by atoms with Crippen LogP contribution in [0.15, 0.2) is 60.7 Å². The predicted molar refractivity (Wildman–Crippen MR) is 89.4 cm³/mol. The number of likely N-dealkylation sites (N-methyl/N-ethyl adjacent to an activating group) is 1. The SMILES string of the molecule is CN1C(=O)[C@H]2[C@@H](c3ccccc3)NN(Cc3ccccc3)[C@@H]2C1=O. The Morgan fingerprint density at radius 2 is 1.54 bits per heavy atom. The van der Waals surface area contributed by atoms with E-state index >= 15 is 0 Å². The van der Waals surface area contributed by atoms with Crippen molar-refractivity contribution in [2.75, 3.05) is 7.05 Å². The molecule has 0 radical (unpaired) electrons. The van der Waals surface area contributed by atoms with Crippen LogP contribution in [-0.4, -0.2) is 34.8 Å². The third-order valence-corrected chi connectivity index (χ3v) is 4.89. The quantitative estimate of drug-likeness (QED) is 0.875. The lowest BCUT2D eigenvalue weighted by Gasteiger charge is -2.23. The second kappa shape index (κ2) is 5.85. The van der Waals surface area contributed by atoms with Gasteiger partial charge in [0, 0.05) is 13.6 Å². The maximum atomic E-state index is 12.6. The topological polar surface area (TPSA) is 52.7 Å². The lowest BCUT2D eigenvalue weighted by molar-refractivity contribution is -0.139. The van der Waals surface area contributed by atoms with Crippen molar-refractivity contribution >= 4 is 11.8 Å². The number of imide groups is 1. The van der Waals surface area contributed by atoms with Crippen molar-refractivity contribution in [2.24, 2.45) is 5.92 Å². The number of rotatable bonds is 3. The summed E-state index contributed by atoms with van der Waals surface area (Å²) in [6, 6.07) is 19.2. The molecule has 0 aromatic heterocycles. The normalized spacial score (nSPS) is 26.9. The highest BCUT2D eigenvalue weighted by atomic mass is 16.2. The van der Waals surface area contributed by atoms with Crippen LogP contribution >= 0.6 is 0 Å². The highest BCUT2D eigenvalue weighted by Gasteiger charge is 2.57. The van der Waals surface area contributed by atoms with E-state index in [2.05, 4.69) is 5.43 Å². The largest absolute Gasteiger partial charge is 0.284 e. The first-order valence-electron chi connectivity index (χ1n) is 8.10. The Morgan fingerprint density at radius 3 is 2.21 bits per heavy atom. The van der Waals surface area contributed by atoms with E-state index in [-0.39, 0.29) is 23.8 Å². The molecule has 2 fully saturated rings. The van der Waals surface area contributed by atoms with E-state index in [1.165, 1.54) is 4.90 Å². The Balaban J connectivity index is 1.69. The van der Waals surface area contributed by atoms with Crippen LogP contribution in [0.2, 0.25) is 0 Å². The Labute approximate surface area is 140 Å². The minimum Gasteiger partial charge on any atom is -0.284 e. The van der Waals surface area contributed by atoms with Crippen molar-refractivity contribution in [3.63, 3.8) is 0 Å². The van der Waals surface area contributed by atoms with E-state index in [0.29, 0.717) is 6.54 Å². The van der Waals surface area contributed by atoms with Gasteiger partial charge in [-0.15, -0.1) is 0 Å². The zero-order valence-electron chi connectivity index (χ0n) is 13.4. The fraction of sp³-hybridized carbons (Fsp3) is 0.263. The van der Waals surface area contributed by atoms with Crippen molar-refractivity contribution in [3.8, 4) is 0 Å². The lowest BCUT2D eigenvalue weighted by Crippen LogP contribution is -2.43. The maximum Gasteiger partial charge on any atom is 0.248 e. The monoisotopic (exact) mass is 321 g/mol. The molecule has 0 spiro atoms. The zero-order valence-corrected chi connectivity index (χ0v) is 13.4. The summed E-state index contributed by atoms with van der Waals surface area (Å²) in [6.07, 6.45) is 0. The molecule has 122 valence electrons. The molecule has 2 amide bonds. The van der Waals surface area contributed by atoms with Gasteiger partial charge in [0.15, 0.2) is 0 Å². The van der Waals surface area contributed by atoms with Gasteiger partial charge in [-0.3, -0.25) is 14.5 Å². The fourth-order valence-corrected chi connectivity index (χ4v) is 3.68. The molecule has 5 heteroatoms. The number of nitrogens with one attached hydrogen (secondary N) is 1. The number of carbonyl (C=O) groups is 2. The van der Waals surface area contributed by atoms with Gasteiger partial charge in [-0.25, -0.2) is 10.4 Å². The Morgan fingerprint density at radius 1 is 0.917 bits per heavy atom. The molecule has 3 atom stereocenters. The van der Waals surface area contributed by atoms with E-state index in [0.717, 1.165) is 11.1 Å². The van der Waals surface area contributed by atoms with Gasteiger partial charge in [0.1, 0.15) is 6.04 Å². The smallest absolute Gasteiger partial charge is 0.248 e. The summed E-state index contributed by atoms with van der Waals surface area (Å²) >= 11 is 0. The van der Waals surface area contributed by atoms with Crippen molar-refractivity contribution in [2.45, 2.75) is 18.6 Å². The summed E-state index contributed by atoms with van der Waals surface area (Å²) in [7, 11) is 1.58. The summed E-state index contributed by atoms with van der Waals surface area (Å²) < 4.78 is 0. The molecule has 2 aliphatic heterocycles. The van der Waals surface area contributed by atoms with E-state index in [4.69, 9.17) is 0 Å². The molecular formula is C19H19N3O2. The number of hydrogen-bond acceptors (Lipinski definition) is 4. The lowest BCUT2D eigenvalue weighted by atomic mass is 9.91. The standard InChI is InChI=1S/C19H19N3O2/c1-21-18(23)15-16(14-10-6-3-7-11-14)20-22(17(15)19(21)24)12-13-8-4-2-5-9-13/h2-11,15-17,20H,12H2,1H3/t15-,16+,17-/m0/s1. The highest BCUT2D eigenvalue weighted by Crippen LogP contribution is 2.40. The molecule has 2 aliphatic rings. The number of carbonyl (C=O) groups excluding carboxylic acids is 2. The summed E-state index contributed by atoms with van der Waals surface area (Å²) in [6.45, 7) is 0.582. The van der Waals surface area contributed by atoms with Crippen LogP contribution in [0.25, 0.3) is 0 Å². The van der Waals surface area contributed by atoms with Crippen LogP contribution < -0.4 is 5.43 Å². The van der Waals surface area contributed by atoms with E-state index < -0.39 is 6.04 Å². The fourth-order valence-electron chi connectivity index (χ4n) is 3.68. The summed E-state index contributed by atoms with van der Waals surface area (Å²) in [5.41, 5.74) is 5.54. The van der Waals surface area contributed by atoms with Gasteiger partial charge in [-0.05, 0) is 11.1 Å². The number of fused-ring (bicyclic) bond motifs is 1. The molecule has 0 bridgehead atoms. The minimum atomic E-state index is -0.451. The molecule has 0 saturated carbocycles. The van der Waals surface area contributed by atoms with Gasteiger partial charge in [0.05, 0.1) is 12.0 Å². The van der Waals surface area contributed by atoms with Gasteiger partial charge >= 0.3 is 0 Å². The van der Waals surface area contributed by atoms with Crippen LogP contribution in [0.1, 0.15) is 17.2 Å². The summed E-state index contributed by atoms with van der Waals surface area (Å²) in [4.78, 5) is 26.5. The minimum absolute atomic E-state index is 0.109. The molecular weight excluding hydrogens is 302 g/mol. The summed E-state index contributed by atoms with van der Waals surface area (Å²) in [5.74, 6) is -0.623. The van der Waals surface area contributed by atoms with Crippen LogP contribution in [0.3, 0.4) is 0 Å². The number of hydrazine groups is 1. The molecule has 0 unspecified atom stereocenters. The van der Waals surface area contributed by atoms with Gasteiger partial charge in [0.25, 0.3) is 0 Å². The molecule has 4 rings (SSSR count). The molecule has 2 aromatic rings. The molecule has 2 saturated heterocycles. The molecule has 2 heterocycles. The molecule has 2 aromatic carbocycles. The summed E-state index contributed by atoms with van der Waals surface area (Å²) in [5, 5.41) is 1.92.